The second kappa shape index (κ2) is 4.88. The highest BCUT2D eigenvalue weighted by Gasteiger charge is 1.97. The summed E-state index contributed by atoms with van der Waals surface area (Å²) in [5.41, 5.74) is 6.76. The SMILES string of the molecule is CONC(=O)NNc1ncccn1. The van der Waals surface area contributed by atoms with Crippen LogP contribution < -0.4 is 16.3 Å². The van der Waals surface area contributed by atoms with Crippen LogP contribution in [0, 0.1) is 0 Å². The first-order chi connectivity index (χ1) is 6.33. The standard InChI is InChI=1S/C6H9N5O2/c1-13-11-6(12)10-9-5-7-3-2-4-8-5/h2-4H,1H3,(H,7,8,9)(H2,10,11,12). The molecule has 7 heteroatoms. The van der Waals surface area contributed by atoms with Gasteiger partial charge in [0, 0.05) is 12.4 Å². The minimum absolute atomic E-state index is 0.300. The maximum absolute atomic E-state index is 10.8. The van der Waals surface area contributed by atoms with Crippen LogP contribution in [-0.4, -0.2) is 23.1 Å². The van der Waals surface area contributed by atoms with Crippen molar-refractivity contribution in [2.45, 2.75) is 0 Å². The van der Waals surface area contributed by atoms with E-state index in [1.807, 2.05) is 5.48 Å². The van der Waals surface area contributed by atoms with Crippen LogP contribution in [-0.2, 0) is 4.84 Å². The van der Waals surface area contributed by atoms with Crippen LogP contribution >= 0.6 is 0 Å². The quantitative estimate of drug-likeness (QED) is 0.558. The van der Waals surface area contributed by atoms with Gasteiger partial charge in [-0.25, -0.2) is 25.7 Å². The zero-order valence-electron chi connectivity index (χ0n) is 6.94. The van der Waals surface area contributed by atoms with Gasteiger partial charge in [0.1, 0.15) is 0 Å². The average molecular weight is 183 g/mol. The van der Waals surface area contributed by atoms with Crippen molar-refractivity contribution in [3.05, 3.63) is 18.5 Å². The minimum atomic E-state index is -0.532. The Morgan fingerprint density at radius 1 is 1.46 bits per heavy atom. The molecule has 0 aliphatic rings. The van der Waals surface area contributed by atoms with E-state index in [9.17, 15) is 4.79 Å². The first-order valence-corrected chi connectivity index (χ1v) is 3.45. The first-order valence-electron chi connectivity index (χ1n) is 3.45. The fourth-order valence-corrected chi connectivity index (χ4v) is 0.595. The summed E-state index contributed by atoms with van der Waals surface area (Å²) in [6.45, 7) is 0. The molecule has 3 N–H and O–H groups in total. The topological polar surface area (TPSA) is 88.2 Å². The molecule has 0 aliphatic carbocycles. The Morgan fingerprint density at radius 3 is 2.77 bits per heavy atom. The van der Waals surface area contributed by atoms with E-state index < -0.39 is 6.03 Å². The largest absolute Gasteiger partial charge is 0.357 e. The molecule has 0 spiro atoms. The fourth-order valence-electron chi connectivity index (χ4n) is 0.595. The number of hydrogen-bond donors (Lipinski definition) is 3. The number of hydrazine groups is 1. The number of urea groups is 1. The molecule has 0 radical (unpaired) electrons. The number of rotatable bonds is 3. The molecule has 2 amide bonds. The summed E-state index contributed by atoms with van der Waals surface area (Å²) in [5, 5.41) is 0. The van der Waals surface area contributed by atoms with E-state index in [0.717, 1.165) is 0 Å². The molecule has 0 aliphatic heterocycles. The van der Waals surface area contributed by atoms with Crippen LogP contribution in [0.4, 0.5) is 10.7 Å². The van der Waals surface area contributed by atoms with Gasteiger partial charge in [0.2, 0.25) is 5.95 Å². The van der Waals surface area contributed by atoms with E-state index in [1.165, 1.54) is 7.11 Å². The third-order valence-corrected chi connectivity index (χ3v) is 1.05. The van der Waals surface area contributed by atoms with Gasteiger partial charge >= 0.3 is 6.03 Å². The summed E-state index contributed by atoms with van der Waals surface area (Å²) in [4.78, 5) is 22.7. The van der Waals surface area contributed by atoms with Crippen molar-refractivity contribution < 1.29 is 9.63 Å². The molecule has 0 fully saturated rings. The number of hydrogen-bond acceptors (Lipinski definition) is 5. The van der Waals surface area contributed by atoms with Crippen LogP contribution in [0.15, 0.2) is 18.5 Å². The van der Waals surface area contributed by atoms with Gasteiger partial charge in [0.25, 0.3) is 0 Å². The lowest BCUT2D eigenvalue weighted by Crippen LogP contribution is -2.38. The summed E-state index contributed by atoms with van der Waals surface area (Å²) in [6.07, 6.45) is 3.09. The molecule has 70 valence electrons. The van der Waals surface area contributed by atoms with E-state index in [0.29, 0.717) is 5.95 Å². The Morgan fingerprint density at radius 2 is 2.15 bits per heavy atom. The van der Waals surface area contributed by atoms with Gasteiger partial charge in [-0.15, -0.1) is 0 Å². The van der Waals surface area contributed by atoms with Crippen LogP contribution in [0.2, 0.25) is 0 Å². The summed E-state index contributed by atoms with van der Waals surface area (Å²) < 4.78 is 0. The molecule has 0 saturated heterocycles. The van der Waals surface area contributed by atoms with Gasteiger partial charge in [-0.2, -0.15) is 0 Å². The van der Waals surface area contributed by atoms with Crippen LogP contribution in [0.1, 0.15) is 0 Å². The number of anilines is 1. The molecule has 1 aromatic heterocycles. The van der Waals surface area contributed by atoms with Crippen molar-refractivity contribution in [3.63, 3.8) is 0 Å². The smallest absolute Gasteiger partial charge is 0.275 e. The zero-order valence-corrected chi connectivity index (χ0v) is 6.94. The number of aromatic nitrogens is 2. The van der Waals surface area contributed by atoms with Crippen LogP contribution in [0.3, 0.4) is 0 Å². The fraction of sp³-hybridized carbons (Fsp3) is 0.167. The zero-order chi connectivity index (χ0) is 9.52. The maximum atomic E-state index is 10.8. The molecule has 0 aromatic carbocycles. The Balaban J connectivity index is 2.31. The van der Waals surface area contributed by atoms with E-state index in [2.05, 4.69) is 25.7 Å². The molecular weight excluding hydrogens is 174 g/mol. The average Bonchev–Trinajstić information content (AvgIpc) is 2.17. The molecule has 0 saturated carbocycles. The molecule has 13 heavy (non-hydrogen) atoms. The lowest BCUT2D eigenvalue weighted by molar-refractivity contribution is 0.108. The number of carbonyl (C=O) groups excluding carboxylic acids is 1. The van der Waals surface area contributed by atoms with Gasteiger partial charge in [-0.3, -0.25) is 10.3 Å². The Bertz CT molecular complexity index is 265. The van der Waals surface area contributed by atoms with Gasteiger partial charge in [-0.1, -0.05) is 0 Å². The summed E-state index contributed by atoms with van der Waals surface area (Å²) in [7, 11) is 1.33. The van der Waals surface area contributed by atoms with Gasteiger partial charge in [0.05, 0.1) is 7.11 Å². The Hall–Kier alpha value is -1.89. The summed E-state index contributed by atoms with van der Waals surface area (Å²) in [5.74, 6) is 0.300. The molecule has 0 unspecified atom stereocenters. The van der Waals surface area contributed by atoms with E-state index in [4.69, 9.17) is 0 Å². The van der Waals surface area contributed by atoms with Crippen molar-refractivity contribution in [2.75, 3.05) is 12.5 Å². The number of hydroxylamine groups is 1. The van der Waals surface area contributed by atoms with Crippen LogP contribution in [0.5, 0.6) is 0 Å². The Kier molecular flexibility index (Phi) is 3.45. The van der Waals surface area contributed by atoms with Crippen molar-refractivity contribution in [2.24, 2.45) is 0 Å². The monoisotopic (exact) mass is 183 g/mol. The second-order valence-electron chi connectivity index (χ2n) is 1.96. The molecular formula is C6H9N5O2. The first kappa shape index (κ1) is 9.20. The van der Waals surface area contributed by atoms with Crippen molar-refractivity contribution in [1.29, 1.82) is 0 Å². The molecule has 1 heterocycles. The molecule has 7 nitrogen and oxygen atoms in total. The van der Waals surface area contributed by atoms with E-state index in [-0.39, 0.29) is 0 Å². The molecule has 1 aromatic rings. The van der Waals surface area contributed by atoms with Gasteiger partial charge in [0.15, 0.2) is 0 Å². The maximum Gasteiger partial charge on any atom is 0.357 e. The predicted molar refractivity (Wildman–Crippen MR) is 44.3 cm³/mol. The lowest BCUT2D eigenvalue weighted by atomic mass is 10.7. The highest BCUT2D eigenvalue weighted by atomic mass is 16.6. The number of carbonyl (C=O) groups is 1. The second-order valence-corrected chi connectivity index (χ2v) is 1.96. The minimum Gasteiger partial charge on any atom is -0.275 e. The summed E-state index contributed by atoms with van der Waals surface area (Å²) in [6, 6.07) is 1.13. The van der Waals surface area contributed by atoms with E-state index >= 15 is 0 Å². The number of nitrogens with zero attached hydrogens (tertiary/aromatic N) is 2. The van der Waals surface area contributed by atoms with E-state index in [1.54, 1.807) is 18.5 Å². The number of amides is 2. The third-order valence-electron chi connectivity index (χ3n) is 1.05. The number of nitrogens with one attached hydrogen (secondary N) is 3. The third kappa shape index (κ3) is 3.34. The molecule has 1 rings (SSSR count). The summed E-state index contributed by atoms with van der Waals surface area (Å²) >= 11 is 0. The van der Waals surface area contributed by atoms with Crippen LogP contribution in [0.25, 0.3) is 0 Å². The highest BCUT2D eigenvalue weighted by Crippen LogP contribution is 1.89. The lowest BCUT2D eigenvalue weighted by Gasteiger charge is -2.05. The normalized spacial score (nSPS) is 9.00. The van der Waals surface area contributed by atoms with Gasteiger partial charge < -0.3 is 0 Å². The highest BCUT2D eigenvalue weighted by molar-refractivity contribution is 5.73. The van der Waals surface area contributed by atoms with Gasteiger partial charge in [-0.05, 0) is 6.07 Å². The van der Waals surface area contributed by atoms with Crippen molar-refractivity contribution in [1.82, 2.24) is 20.9 Å². The van der Waals surface area contributed by atoms with Crippen molar-refractivity contribution >= 4 is 12.0 Å². The molecule has 0 atom stereocenters. The Labute approximate surface area is 74.4 Å². The predicted octanol–water partition coefficient (Wildman–Crippen LogP) is -0.336. The van der Waals surface area contributed by atoms with Crippen molar-refractivity contribution in [3.8, 4) is 0 Å². The molecule has 0 bridgehead atoms.